The maximum absolute atomic E-state index is 13.6. The van der Waals surface area contributed by atoms with Gasteiger partial charge in [-0.3, -0.25) is 0 Å². The summed E-state index contributed by atoms with van der Waals surface area (Å²) in [6, 6.07) is 18.4. The number of hydrogen-bond acceptors (Lipinski definition) is 5. The third-order valence-electron chi connectivity index (χ3n) is 4.18. The van der Waals surface area contributed by atoms with Gasteiger partial charge in [0.2, 0.25) is 0 Å². The van der Waals surface area contributed by atoms with E-state index in [1.54, 1.807) is 24.3 Å². The topological polar surface area (TPSA) is 63.4 Å². The number of azo groups is 1. The van der Waals surface area contributed by atoms with Gasteiger partial charge in [-0.2, -0.15) is 10.2 Å². The van der Waals surface area contributed by atoms with E-state index in [0.29, 0.717) is 47.2 Å². The quantitative estimate of drug-likeness (QED) is 0.656. The van der Waals surface area contributed by atoms with Crippen LogP contribution in [0.4, 0.5) is 15.8 Å². The molecule has 0 unspecified atom stereocenters. The van der Waals surface area contributed by atoms with Gasteiger partial charge < -0.3 is 14.6 Å². The fourth-order valence-corrected chi connectivity index (χ4v) is 2.86. The highest BCUT2D eigenvalue weighted by Gasteiger charge is 2.21. The summed E-state index contributed by atoms with van der Waals surface area (Å²) >= 11 is 0. The van der Waals surface area contributed by atoms with Crippen LogP contribution in [0.1, 0.15) is 17.2 Å². The Kier molecular flexibility index (Phi) is 4.80. The van der Waals surface area contributed by atoms with Crippen molar-refractivity contribution < 1.29 is 19.0 Å². The molecule has 0 fully saturated rings. The van der Waals surface area contributed by atoms with E-state index in [9.17, 15) is 9.50 Å². The molecule has 136 valence electrons. The summed E-state index contributed by atoms with van der Waals surface area (Å²) in [7, 11) is 0. The highest BCUT2D eigenvalue weighted by Crippen LogP contribution is 2.41. The van der Waals surface area contributed by atoms with Crippen LogP contribution in [0.5, 0.6) is 11.5 Å². The van der Waals surface area contributed by atoms with Crippen LogP contribution in [0.2, 0.25) is 0 Å². The van der Waals surface area contributed by atoms with E-state index in [0.717, 1.165) is 0 Å². The molecule has 1 aliphatic heterocycles. The molecule has 0 aliphatic carbocycles. The zero-order valence-electron chi connectivity index (χ0n) is 14.4. The van der Waals surface area contributed by atoms with Crippen molar-refractivity contribution in [3.63, 3.8) is 0 Å². The lowest BCUT2D eigenvalue weighted by Crippen LogP contribution is -2.16. The van der Waals surface area contributed by atoms with Crippen molar-refractivity contribution in [1.82, 2.24) is 0 Å². The standard InChI is InChI=1S/C21H17FN2O3/c22-15-6-4-5-14(11-15)21(25)17-12-19-20(27-10-9-26-19)13-18(17)24-23-16-7-2-1-3-8-16/h1-8,11-13,21,25H,9-10H2/t21-/m0/s1. The largest absolute Gasteiger partial charge is 0.486 e. The van der Waals surface area contributed by atoms with E-state index in [4.69, 9.17) is 9.47 Å². The molecule has 0 aromatic heterocycles. The minimum absolute atomic E-state index is 0.419. The van der Waals surface area contributed by atoms with Crippen LogP contribution >= 0.6 is 0 Å². The molecule has 5 nitrogen and oxygen atoms in total. The summed E-state index contributed by atoms with van der Waals surface area (Å²) in [5.74, 6) is 0.639. The SMILES string of the molecule is O[C@@H](c1cccc(F)c1)c1cc2c(cc1N=Nc1ccccc1)OCCO2. The Labute approximate surface area is 155 Å². The Morgan fingerprint density at radius 1 is 0.852 bits per heavy atom. The average molecular weight is 364 g/mol. The number of aliphatic hydroxyl groups excluding tert-OH is 1. The summed E-state index contributed by atoms with van der Waals surface area (Å²) in [4.78, 5) is 0. The van der Waals surface area contributed by atoms with Crippen LogP contribution < -0.4 is 9.47 Å². The van der Waals surface area contributed by atoms with E-state index in [2.05, 4.69) is 10.2 Å². The molecule has 3 aromatic rings. The minimum atomic E-state index is -1.08. The number of ether oxygens (including phenoxy) is 2. The first-order valence-corrected chi connectivity index (χ1v) is 8.54. The van der Waals surface area contributed by atoms with Crippen molar-refractivity contribution in [2.45, 2.75) is 6.10 Å². The van der Waals surface area contributed by atoms with E-state index < -0.39 is 11.9 Å². The van der Waals surface area contributed by atoms with Crippen LogP contribution in [0.15, 0.2) is 77.0 Å². The van der Waals surface area contributed by atoms with Gasteiger partial charge in [0.1, 0.15) is 25.1 Å². The van der Waals surface area contributed by atoms with E-state index >= 15 is 0 Å². The summed E-state index contributed by atoms with van der Waals surface area (Å²) in [5.41, 5.74) is 1.99. The molecule has 6 heteroatoms. The van der Waals surface area contributed by atoms with Crippen molar-refractivity contribution >= 4 is 11.4 Å². The zero-order chi connectivity index (χ0) is 18.6. The van der Waals surface area contributed by atoms with Gasteiger partial charge in [0.15, 0.2) is 11.5 Å². The lowest BCUT2D eigenvalue weighted by molar-refractivity contribution is 0.170. The van der Waals surface area contributed by atoms with Crippen LogP contribution in [-0.2, 0) is 0 Å². The molecular formula is C21H17FN2O3. The number of rotatable bonds is 4. The summed E-state index contributed by atoms with van der Waals surface area (Å²) in [5, 5.41) is 19.3. The van der Waals surface area contributed by atoms with Crippen LogP contribution in [0.25, 0.3) is 0 Å². The molecule has 3 aromatic carbocycles. The summed E-state index contributed by atoms with van der Waals surface area (Å²) < 4.78 is 24.8. The number of benzene rings is 3. The number of nitrogens with zero attached hydrogens (tertiary/aromatic N) is 2. The number of fused-ring (bicyclic) bond motifs is 1. The molecule has 1 aliphatic rings. The predicted octanol–water partition coefficient (Wildman–Crippen LogP) is 5.09. The lowest BCUT2D eigenvalue weighted by Gasteiger charge is -2.21. The zero-order valence-corrected chi connectivity index (χ0v) is 14.4. The van der Waals surface area contributed by atoms with Gasteiger partial charge in [0.25, 0.3) is 0 Å². The molecule has 0 amide bonds. The molecule has 0 saturated heterocycles. The fraction of sp³-hybridized carbons (Fsp3) is 0.143. The molecule has 0 radical (unpaired) electrons. The molecular weight excluding hydrogens is 347 g/mol. The molecule has 0 saturated carbocycles. The third-order valence-corrected chi connectivity index (χ3v) is 4.18. The van der Waals surface area contributed by atoms with Crippen molar-refractivity contribution in [3.8, 4) is 11.5 Å². The second-order valence-corrected chi connectivity index (χ2v) is 6.05. The normalized spacial score (nSPS) is 14.3. The molecule has 1 heterocycles. The second-order valence-electron chi connectivity index (χ2n) is 6.05. The fourth-order valence-electron chi connectivity index (χ4n) is 2.86. The highest BCUT2D eigenvalue weighted by molar-refractivity contribution is 5.60. The Bertz CT molecular complexity index is 976. The lowest BCUT2D eigenvalue weighted by atomic mass is 9.99. The maximum Gasteiger partial charge on any atom is 0.163 e. The Balaban J connectivity index is 1.77. The Morgan fingerprint density at radius 3 is 2.33 bits per heavy atom. The van der Waals surface area contributed by atoms with Crippen molar-refractivity contribution in [2.24, 2.45) is 10.2 Å². The van der Waals surface area contributed by atoms with Crippen molar-refractivity contribution in [3.05, 3.63) is 83.7 Å². The van der Waals surface area contributed by atoms with Gasteiger partial charge in [-0.15, -0.1) is 0 Å². The number of hydrogen-bond donors (Lipinski definition) is 1. The number of halogens is 1. The highest BCUT2D eigenvalue weighted by atomic mass is 19.1. The second kappa shape index (κ2) is 7.55. The molecule has 1 atom stereocenters. The van der Waals surface area contributed by atoms with Gasteiger partial charge in [-0.1, -0.05) is 30.3 Å². The van der Waals surface area contributed by atoms with Crippen LogP contribution in [-0.4, -0.2) is 18.3 Å². The van der Waals surface area contributed by atoms with Gasteiger partial charge in [0, 0.05) is 11.6 Å². The predicted molar refractivity (Wildman–Crippen MR) is 98.5 cm³/mol. The van der Waals surface area contributed by atoms with Gasteiger partial charge in [0.05, 0.1) is 11.4 Å². The average Bonchev–Trinajstić information content (AvgIpc) is 2.72. The van der Waals surface area contributed by atoms with Gasteiger partial charge in [-0.25, -0.2) is 4.39 Å². The van der Waals surface area contributed by atoms with Crippen molar-refractivity contribution in [1.29, 1.82) is 0 Å². The molecule has 27 heavy (non-hydrogen) atoms. The Hall–Kier alpha value is -3.25. The molecule has 1 N–H and O–H groups in total. The van der Waals surface area contributed by atoms with E-state index in [1.165, 1.54) is 12.1 Å². The van der Waals surface area contributed by atoms with Gasteiger partial charge in [-0.05, 0) is 35.9 Å². The first-order chi connectivity index (χ1) is 13.2. The van der Waals surface area contributed by atoms with E-state index in [1.807, 2.05) is 30.3 Å². The smallest absolute Gasteiger partial charge is 0.163 e. The third kappa shape index (κ3) is 3.80. The first kappa shape index (κ1) is 17.2. The van der Waals surface area contributed by atoms with Crippen LogP contribution in [0.3, 0.4) is 0 Å². The molecule has 0 spiro atoms. The monoisotopic (exact) mass is 364 g/mol. The molecule has 0 bridgehead atoms. The summed E-state index contributed by atoms with van der Waals surface area (Å²) in [6.07, 6.45) is -1.08. The number of aliphatic hydroxyl groups is 1. The maximum atomic E-state index is 13.6. The summed E-state index contributed by atoms with van der Waals surface area (Å²) in [6.45, 7) is 0.863. The Morgan fingerprint density at radius 2 is 1.59 bits per heavy atom. The van der Waals surface area contributed by atoms with Crippen molar-refractivity contribution in [2.75, 3.05) is 13.2 Å². The van der Waals surface area contributed by atoms with Crippen LogP contribution in [0, 0.1) is 5.82 Å². The molecule has 4 rings (SSSR count). The first-order valence-electron chi connectivity index (χ1n) is 8.54. The van der Waals surface area contributed by atoms with Gasteiger partial charge >= 0.3 is 0 Å². The minimum Gasteiger partial charge on any atom is -0.486 e. The van der Waals surface area contributed by atoms with E-state index in [-0.39, 0.29) is 0 Å².